The van der Waals surface area contributed by atoms with Crippen molar-refractivity contribution in [2.45, 2.75) is 9.79 Å². The Morgan fingerprint density at radius 3 is 1.91 bits per heavy atom. The monoisotopic (exact) mass is 338 g/mol. The summed E-state index contributed by atoms with van der Waals surface area (Å²) in [6, 6.07) is 12.5. The molecule has 3 rings (SSSR count). The summed E-state index contributed by atoms with van der Waals surface area (Å²) in [7, 11) is -9.65. The van der Waals surface area contributed by atoms with Gasteiger partial charge >= 0.3 is 0 Å². The average Bonchev–Trinajstić information content (AvgIpc) is 2.43. The largest absolute Gasteiger partial charge is 0.296 e. The Bertz CT molecular complexity index is 1110. The molecule has 0 aliphatic rings. The summed E-state index contributed by atoms with van der Waals surface area (Å²) in [5, 5.41) is 2.01. The Labute approximate surface area is 126 Å². The first-order valence-corrected chi connectivity index (χ1v) is 8.97. The first-order chi connectivity index (χ1) is 10.2. The molecule has 114 valence electrons. The van der Waals surface area contributed by atoms with Gasteiger partial charge in [0.05, 0.1) is 0 Å². The summed E-state index contributed by atoms with van der Waals surface area (Å²) in [5.74, 6) is 0. The van der Waals surface area contributed by atoms with E-state index >= 15 is 0 Å². The van der Waals surface area contributed by atoms with E-state index in [1.807, 2.05) is 12.1 Å². The Balaban J connectivity index is 2.62. The minimum Gasteiger partial charge on any atom is -0.282 e. The third-order valence-electron chi connectivity index (χ3n) is 3.38. The SMILES string of the molecule is O=S(=O)(O)c1ccc2c(ccc3ccccc32)c1S(=O)(=O)O. The maximum Gasteiger partial charge on any atom is 0.296 e. The lowest BCUT2D eigenvalue weighted by atomic mass is 10.0. The molecular weight excluding hydrogens is 328 g/mol. The van der Waals surface area contributed by atoms with Crippen LogP contribution in [0.1, 0.15) is 0 Å². The Morgan fingerprint density at radius 1 is 0.636 bits per heavy atom. The van der Waals surface area contributed by atoms with E-state index in [4.69, 9.17) is 0 Å². The highest BCUT2D eigenvalue weighted by molar-refractivity contribution is 7.89. The molecule has 3 aromatic carbocycles. The van der Waals surface area contributed by atoms with Crippen LogP contribution in [0.15, 0.2) is 58.3 Å². The fraction of sp³-hybridized carbons (Fsp3) is 0. The molecule has 0 aliphatic heterocycles. The van der Waals surface area contributed by atoms with Crippen molar-refractivity contribution in [2.24, 2.45) is 0 Å². The quantitative estimate of drug-likeness (QED) is 0.549. The van der Waals surface area contributed by atoms with Crippen molar-refractivity contribution in [3.63, 3.8) is 0 Å². The Kier molecular flexibility index (Phi) is 3.22. The molecule has 3 aromatic rings. The van der Waals surface area contributed by atoms with Gasteiger partial charge in [-0.25, -0.2) is 0 Å². The number of hydrogen-bond donors (Lipinski definition) is 2. The molecule has 0 fully saturated rings. The molecular formula is C14H10O6S2. The molecule has 22 heavy (non-hydrogen) atoms. The number of hydrogen-bond acceptors (Lipinski definition) is 4. The van der Waals surface area contributed by atoms with Crippen LogP contribution in [0.5, 0.6) is 0 Å². The van der Waals surface area contributed by atoms with Gasteiger partial charge in [-0.2, -0.15) is 16.8 Å². The van der Waals surface area contributed by atoms with Crippen LogP contribution in [0, 0.1) is 0 Å². The first kappa shape index (κ1) is 14.9. The van der Waals surface area contributed by atoms with E-state index in [1.165, 1.54) is 12.1 Å². The number of fused-ring (bicyclic) bond motifs is 3. The lowest BCUT2D eigenvalue weighted by molar-refractivity contribution is 0.468. The van der Waals surface area contributed by atoms with Crippen LogP contribution < -0.4 is 0 Å². The predicted octanol–water partition coefficient (Wildman–Crippen LogP) is 2.49. The molecule has 0 aromatic heterocycles. The second-order valence-corrected chi connectivity index (χ2v) is 7.47. The second-order valence-electron chi connectivity index (χ2n) is 4.72. The van der Waals surface area contributed by atoms with Gasteiger partial charge in [0.2, 0.25) is 0 Å². The van der Waals surface area contributed by atoms with E-state index < -0.39 is 30.0 Å². The van der Waals surface area contributed by atoms with E-state index in [-0.39, 0.29) is 5.39 Å². The standard InChI is InChI=1S/C14H10O6S2/c15-21(16,17)13-8-7-11-10-4-2-1-3-9(10)5-6-12(11)14(13)22(18,19)20/h1-8H,(H,15,16,17)(H,18,19,20). The molecule has 0 bridgehead atoms. The lowest BCUT2D eigenvalue weighted by Gasteiger charge is -2.10. The molecule has 0 saturated heterocycles. The van der Waals surface area contributed by atoms with E-state index in [1.54, 1.807) is 18.2 Å². The maximum absolute atomic E-state index is 11.6. The zero-order chi connectivity index (χ0) is 16.1. The summed E-state index contributed by atoms with van der Waals surface area (Å²) in [6.45, 7) is 0. The van der Waals surface area contributed by atoms with Gasteiger partial charge in [-0.1, -0.05) is 42.5 Å². The third kappa shape index (κ3) is 2.35. The molecule has 0 radical (unpaired) electrons. The number of rotatable bonds is 2. The van der Waals surface area contributed by atoms with Crippen LogP contribution >= 0.6 is 0 Å². The summed E-state index contributed by atoms with van der Waals surface area (Å²) in [4.78, 5) is -1.67. The molecule has 0 heterocycles. The van der Waals surface area contributed by atoms with Crippen LogP contribution in [0.3, 0.4) is 0 Å². The zero-order valence-electron chi connectivity index (χ0n) is 11.0. The summed E-state index contributed by atoms with van der Waals surface area (Å²) in [6.07, 6.45) is 0. The van der Waals surface area contributed by atoms with Crippen molar-refractivity contribution in [1.82, 2.24) is 0 Å². The highest BCUT2D eigenvalue weighted by Gasteiger charge is 2.26. The van der Waals surface area contributed by atoms with Crippen LogP contribution in [0.2, 0.25) is 0 Å². The van der Waals surface area contributed by atoms with Gasteiger partial charge in [0.15, 0.2) is 0 Å². The first-order valence-electron chi connectivity index (χ1n) is 6.09. The van der Waals surface area contributed by atoms with Crippen molar-refractivity contribution in [1.29, 1.82) is 0 Å². The normalized spacial score (nSPS) is 12.8. The van der Waals surface area contributed by atoms with Gasteiger partial charge in [-0.15, -0.1) is 0 Å². The van der Waals surface area contributed by atoms with Gasteiger partial charge < -0.3 is 0 Å². The van der Waals surface area contributed by atoms with Gasteiger partial charge in [0.25, 0.3) is 20.2 Å². The highest BCUT2D eigenvalue weighted by atomic mass is 32.2. The van der Waals surface area contributed by atoms with E-state index in [2.05, 4.69) is 0 Å². The van der Waals surface area contributed by atoms with Gasteiger partial charge in [-0.05, 0) is 22.2 Å². The fourth-order valence-corrected chi connectivity index (χ4v) is 4.50. The molecule has 0 spiro atoms. The molecule has 0 aliphatic carbocycles. The Morgan fingerprint density at radius 2 is 1.27 bits per heavy atom. The predicted molar refractivity (Wildman–Crippen MR) is 81.1 cm³/mol. The minimum atomic E-state index is -4.85. The summed E-state index contributed by atoms with van der Waals surface area (Å²) in [5.41, 5.74) is 0. The van der Waals surface area contributed by atoms with Crippen molar-refractivity contribution < 1.29 is 25.9 Å². The lowest BCUT2D eigenvalue weighted by Crippen LogP contribution is -2.09. The van der Waals surface area contributed by atoms with Gasteiger partial charge in [0.1, 0.15) is 9.79 Å². The molecule has 0 saturated carbocycles. The van der Waals surface area contributed by atoms with Crippen molar-refractivity contribution in [2.75, 3.05) is 0 Å². The van der Waals surface area contributed by atoms with Gasteiger partial charge in [0, 0.05) is 5.39 Å². The molecule has 8 heteroatoms. The topological polar surface area (TPSA) is 109 Å². The minimum absolute atomic E-state index is 0.0244. The molecule has 0 atom stereocenters. The number of benzene rings is 3. The second kappa shape index (κ2) is 4.75. The average molecular weight is 338 g/mol. The van der Waals surface area contributed by atoms with Crippen molar-refractivity contribution >= 4 is 41.8 Å². The molecule has 0 unspecified atom stereocenters. The molecule has 6 nitrogen and oxygen atoms in total. The van der Waals surface area contributed by atoms with E-state index in [0.29, 0.717) is 10.8 Å². The summed E-state index contributed by atoms with van der Waals surface area (Å²) >= 11 is 0. The smallest absolute Gasteiger partial charge is 0.282 e. The van der Waals surface area contributed by atoms with Crippen LogP contribution in [-0.4, -0.2) is 25.9 Å². The summed E-state index contributed by atoms with van der Waals surface area (Å²) < 4.78 is 64.6. The van der Waals surface area contributed by atoms with E-state index in [9.17, 15) is 25.9 Å². The fourth-order valence-electron chi connectivity index (χ4n) is 2.51. The maximum atomic E-state index is 11.6. The zero-order valence-corrected chi connectivity index (χ0v) is 12.6. The third-order valence-corrected chi connectivity index (χ3v) is 5.36. The van der Waals surface area contributed by atoms with Crippen LogP contribution in [-0.2, 0) is 20.2 Å². The van der Waals surface area contributed by atoms with Crippen LogP contribution in [0.25, 0.3) is 21.5 Å². The molecule has 0 amide bonds. The highest BCUT2D eigenvalue weighted by Crippen LogP contribution is 2.33. The Hall–Kier alpha value is -2.00. The van der Waals surface area contributed by atoms with E-state index in [0.717, 1.165) is 11.5 Å². The van der Waals surface area contributed by atoms with Crippen LogP contribution in [0.4, 0.5) is 0 Å². The van der Waals surface area contributed by atoms with Crippen molar-refractivity contribution in [3.8, 4) is 0 Å². The van der Waals surface area contributed by atoms with Crippen molar-refractivity contribution in [3.05, 3.63) is 48.5 Å². The van der Waals surface area contributed by atoms with Gasteiger partial charge in [-0.3, -0.25) is 9.11 Å². The molecule has 2 N–H and O–H groups in total.